The fourth-order valence-corrected chi connectivity index (χ4v) is 1.56. The zero-order valence-electron chi connectivity index (χ0n) is 9.67. The molecular formula is C12H22N2O. The summed E-state index contributed by atoms with van der Waals surface area (Å²) in [5.74, 6) is 1.02. The van der Waals surface area contributed by atoms with Crippen molar-refractivity contribution < 1.29 is 4.79 Å². The lowest BCUT2D eigenvalue weighted by atomic mass is 10.3. The van der Waals surface area contributed by atoms with Crippen molar-refractivity contribution in [2.45, 2.75) is 26.2 Å². The van der Waals surface area contributed by atoms with Gasteiger partial charge in [0, 0.05) is 13.1 Å². The Labute approximate surface area is 92.5 Å². The molecule has 0 atom stereocenters. The summed E-state index contributed by atoms with van der Waals surface area (Å²) < 4.78 is 0. The fourth-order valence-electron chi connectivity index (χ4n) is 1.56. The van der Waals surface area contributed by atoms with Gasteiger partial charge in [-0.05, 0) is 31.7 Å². The van der Waals surface area contributed by atoms with Gasteiger partial charge in [-0.1, -0.05) is 13.0 Å². The second-order valence-corrected chi connectivity index (χ2v) is 4.20. The number of nitrogens with one attached hydrogen (secondary N) is 1. The molecule has 0 aromatic heterocycles. The van der Waals surface area contributed by atoms with Crippen LogP contribution in [0.15, 0.2) is 12.7 Å². The van der Waals surface area contributed by atoms with Gasteiger partial charge < -0.3 is 10.2 Å². The minimum atomic E-state index is 0.192. The fraction of sp³-hybridized carbons (Fsp3) is 0.750. The Morgan fingerprint density at radius 1 is 1.60 bits per heavy atom. The molecule has 1 N–H and O–H groups in total. The third-order valence-electron chi connectivity index (χ3n) is 2.60. The van der Waals surface area contributed by atoms with Crippen LogP contribution in [0.5, 0.6) is 0 Å². The molecule has 0 spiro atoms. The molecule has 1 amide bonds. The highest BCUT2D eigenvalue weighted by atomic mass is 16.2. The van der Waals surface area contributed by atoms with Crippen LogP contribution in [0.2, 0.25) is 0 Å². The van der Waals surface area contributed by atoms with Crippen LogP contribution < -0.4 is 5.32 Å². The molecule has 15 heavy (non-hydrogen) atoms. The van der Waals surface area contributed by atoms with Crippen LogP contribution in [0.25, 0.3) is 0 Å². The van der Waals surface area contributed by atoms with Crippen molar-refractivity contribution in [2.75, 3.05) is 26.2 Å². The van der Waals surface area contributed by atoms with E-state index in [9.17, 15) is 4.79 Å². The van der Waals surface area contributed by atoms with Crippen molar-refractivity contribution in [3.8, 4) is 0 Å². The third-order valence-corrected chi connectivity index (χ3v) is 2.60. The summed E-state index contributed by atoms with van der Waals surface area (Å²) in [4.78, 5) is 13.6. The van der Waals surface area contributed by atoms with Gasteiger partial charge in [0.2, 0.25) is 5.91 Å². The number of hydrogen-bond donors (Lipinski definition) is 1. The molecular weight excluding hydrogens is 188 g/mol. The average molecular weight is 210 g/mol. The zero-order chi connectivity index (χ0) is 11.1. The summed E-state index contributed by atoms with van der Waals surface area (Å²) in [5.41, 5.74) is 0. The molecule has 1 saturated carbocycles. The summed E-state index contributed by atoms with van der Waals surface area (Å²) in [6, 6.07) is 0. The highest BCUT2D eigenvalue weighted by Gasteiger charge is 2.21. The number of hydrogen-bond acceptors (Lipinski definition) is 2. The van der Waals surface area contributed by atoms with E-state index in [0.29, 0.717) is 13.1 Å². The van der Waals surface area contributed by atoms with Gasteiger partial charge in [0.15, 0.2) is 0 Å². The Kier molecular flexibility index (Phi) is 5.40. The molecule has 0 aromatic carbocycles. The Balaban J connectivity index is 2.17. The molecule has 1 rings (SSSR count). The molecule has 0 saturated heterocycles. The summed E-state index contributed by atoms with van der Waals surface area (Å²) in [7, 11) is 0. The minimum Gasteiger partial charge on any atom is -0.338 e. The number of carbonyl (C=O) groups excluding carboxylic acids is 1. The maximum Gasteiger partial charge on any atom is 0.236 e. The largest absolute Gasteiger partial charge is 0.338 e. The highest BCUT2D eigenvalue weighted by Crippen LogP contribution is 2.27. The van der Waals surface area contributed by atoms with E-state index in [-0.39, 0.29) is 5.91 Å². The Morgan fingerprint density at radius 3 is 2.87 bits per heavy atom. The van der Waals surface area contributed by atoms with E-state index in [4.69, 9.17) is 0 Å². The standard InChI is InChI=1S/C12H22N2O/c1-3-7-14(8-4-2)12(15)10-13-9-11-5-6-11/h3,11,13H,1,4-10H2,2H3. The number of amides is 1. The molecule has 1 fully saturated rings. The first-order valence-electron chi connectivity index (χ1n) is 5.87. The van der Waals surface area contributed by atoms with E-state index in [1.807, 2.05) is 4.90 Å². The van der Waals surface area contributed by atoms with E-state index < -0.39 is 0 Å². The highest BCUT2D eigenvalue weighted by molar-refractivity contribution is 5.78. The van der Waals surface area contributed by atoms with Crippen molar-refractivity contribution in [3.63, 3.8) is 0 Å². The predicted octanol–water partition coefficient (Wildman–Crippen LogP) is 1.41. The molecule has 1 aliphatic carbocycles. The van der Waals surface area contributed by atoms with Crippen LogP contribution in [0.1, 0.15) is 26.2 Å². The van der Waals surface area contributed by atoms with Crippen LogP contribution in [-0.2, 0) is 4.79 Å². The van der Waals surface area contributed by atoms with Crippen LogP contribution in [0.3, 0.4) is 0 Å². The number of nitrogens with zero attached hydrogens (tertiary/aromatic N) is 1. The Hall–Kier alpha value is -0.830. The predicted molar refractivity (Wildman–Crippen MR) is 62.7 cm³/mol. The van der Waals surface area contributed by atoms with E-state index in [1.54, 1.807) is 6.08 Å². The molecule has 3 nitrogen and oxygen atoms in total. The van der Waals surface area contributed by atoms with Gasteiger partial charge in [-0.2, -0.15) is 0 Å². The monoisotopic (exact) mass is 210 g/mol. The molecule has 0 heterocycles. The second-order valence-electron chi connectivity index (χ2n) is 4.20. The first-order valence-corrected chi connectivity index (χ1v) is 5.87. The summed E-state index contributed by atoms with van der Waals surface area (Å²) in [6.07, 6.45) is 5.44. The normalized spacial score (nSPS) is 15.0. The molecule has 3 heteroatoms. The molecule has 1 aliphatic rings. The average Bonchev–Trinajstić information content (AvgIpc) is 3.01. The van der Waals surface area contributed by atoms with Crippen molar-refractivity contribution in [2.24, 2.45) is 5.92 Å². The SMILES string of the molecule is C=CCN(CCC)C(=O)CNCC1CC1. The quantitative estimate of drug-likeness (QED) is 0.614. The van der Waals surface area contributed by atoms with E-state index >= 15 is 0 Å². The maximum absolute atomic E-state index is 11.7. The summed E-state index contributed by atoms with van der Waals surface area (Å²) in [6.45, 7) is 8.72. The van der Waals surface area contributed by atoms with E-state index in [1.165, 1.54) is 12.8 Å². The van der Waals surface area contributed by atoms with Crippen molar-refractivity contribution in [3.05, 3.63) is 12.7 Å². The lowest BCUT2D eigenvalue weighted by molar-refractivity contribution is -0.129. The van der Waals surface area contributed by atoms with E-state index in [0.717, 1.165) is 25.4 Å². The van der Waals surface area contributed by atoms with Crippen LogP contribution in [0.4, 0.5) is 0 Å². The summed E-state index contributed by atoms with van der Waals surface area (Å²) in [5, 5.41) is 3.22. The first kappa shape index (κ1) is 12.2. The van der Waals surface area contributed by atoms with Gasteiger partial charge in [0.05, 0.1) is 6.54 Å². The van der Waals surface area contributed by atoms with Crippen molar-refractivity contribution in [1.82, 2.24) is 10.2 Å². The smallest absolute Gasteiger partial charge is 0.236 e. The molecule has 86 valence electrons. The van der Waals surface area contributed by atoms with Gasteiger partial charge in [-0.25, -0.2) is 0 Å². The van der Waals surface area contributed by atoms with Gasteiger partial charge in [0.25, 0.3) is 0 Å². The van der Waals surface area contributed by atoms with Crippen molar-refractivity contribution >= 4 is 5.91 Å². The number of rotatable bonds is 8. The van der Waals surface area contributed by atoms with Gasteiger partial charge in [0.1, 0.15) is 0 Å². The van der Waals surface area contributed by atoms with Crippen LogP contribution in [0, 0.1) is 5.92 Å². The van der Waals surface area contributed by atoms with E-state index in [2.05, 4.69) is 18.8 Å². The zero-order valence-corrected chi connectivity index (χ0v) is 9.67. The van der Waals surface area contributed by atoms with Crippen LogP contribution in [-0.4, -0.2) is 37.0 Å². The second kappa shape index (κ2) is 6.62. The van der Waals surface area contributed by atoms with Gasteiger partial charge in [-0.3, -0.25) is 4.79 Å². The van der Waals surface area contributed by atoms with Gasteiger partial charge >= 0.3 is 0 Å². The van der Waals surface area contributed by atoms with Crippen LogP contribution >= 0.6 is 0 Å². The third kappa shape index (κ3) is 4.98. The molecule has 0 aliphatic heterocycles. The van der Waals surface area contributed by atoms with Gasteiger partial charge in [-0.15, -0.1) is 6.58 Å². The lowest BCUT2D eigenvalue weighted by Crippen LogP contribution is -2.39. The minimum absolute atomic E-state index is 0.192. The lowest BCUT2D eigenvalue weighted by Gasteiger charge is -2.20. The summed E-state index contributed by atoms with van der Waals surface area (Å²) >= 11 is 0. The first-order chi connectivity index (χ1) is 7.27. The Bertz CT molecular complexity index is 212. The molecule has 0 radical (unpaired) electrons. The molecule has 0 unspecified atom stereocenters. The topological polar surface area (TPSA) is 32.3 Å². The Morgan fingerprint density at radius 2 is 2.33 bits per heavy atom. The molecule has 0 aromatic rings. The number of carbonyl (C=O) groups is 1. The van der Waals surface area contributed by atoms with Crippen molar-refractivity contribution in [1.29, 1.82) is 0 Å². The maximum atomic E-state index is 11.7. The molecule has 0 bridgehead atoms.